The molecule has 4 nitrogen and oxygen atoms in total. The van der Waals surface area contributed by atoms with E-state index in [1.807, 2.05) is 37.5 Å². The number of para-hydroxylation sites is 1. The molecule has 0 unspecified atom stereocenters. The average Bonchev–Trinajstić information content (AvgIpc) is 3.01. The Morgan fingerprint density at radius 3 is 2.60 bits per heavy atom. The summed E-state index contributed by atoms with van der Waals surface area (Å²) in [5.74, 6) is 1.64. The third-order valence-corrected chi connectivity index (χ3v) is 3.82. The molecule has 0 radical (unpaired) electrons. The largest absolute Gasteiger partial charge is 0.351 e. The number of hydrogen-bond acceptors (Lipinski definition) is 4. The number of anilines is 3. The van der Waals surface area contributed by atoms with Gasteiger partial charge in [0, 0.05) is 25.0 Å². The molecule has 2 aromatic rings. The van der Waals surface area contributed by atoms with Gasteiger partial charge in [0.25, 0.3) is 0 Å². The first-order valence-corrected chi connectivity index (χ1v) is 7.21. The molecule has 1 fully saturated rings. The molecule has 1 aromatic heterocycles. The van der Waals surface area contributed by atoms with Crippen molar-refractivity contribution in [1.29, 1.82) is 0 Å². The van der Waals surface area contributed by atoms with Gasteiger partial charge >= 0.3 is 0 Å². The van der Waals surface area contributed by atoms with E-state index in [1.165, 1.54) is 25.7 Å². The van der Waals surface area contributed by atoms with Crippen LogP contribution in [0.5, 0.6) is 0 Å². The van der Waals surface area contributed by atoms with Crippen LogP contribution in [0.3, 0.4) is 0 Å². The first-order chi connectivity index (χ1) is 9.83. The maximum Gasteiger partial charge on any atom is 0.224 e. The molecule has 1 aromatic carbocycles. The monoisotopic (exact) mass is 268 g/mol. The predicted octanol–water partition coefficient (Wildman–Crippen LogP) is 3.60. The number of nitrogens with zero attached hydrogens (tertiary/aromatic N) is 3. The molecule has 1 saturated carbocycles. The first-order valence-electron chi connectivity index (χ1n) is 7.21. The van der Waals surface area contributed by atoms with E-state index < -0.39 is 0 Å². The second-order valence-corrected chi connectivity index (χ2v) is 5.26. The average molecular weight is 268 g/mol. The highest BCUT2D eigenvalue weighted by Gasteiger charge is 2.16. The number of benzene rings is 1. The summed E-state index contributed by atoms with van der Waals surface area (Å²) in [6.45, 7) is 0. The van der Waals surface area contributed by atoms with Gasteiger partial charge in [0.2, 0.25) is 5.95 Å². The van der Waals surface area contributed by atoms with E-state index >= 15 is 0 Å². The van der Waals surface area contributed by atoms with Gasteiger partial charge in [-0.2, -0.15) is 4.98 Å². The van der Waals surface area contributed by atoms with E-state index in [-0.39, 0.29) is 0 Å². The molecule has 1 aliphatic rings. The van der Waals surface area contributed by atoms with Crippen molar-refractivity contribution in [2.45, 2.75) is 31.7 Å². The molecule has 1 aliphatic carbocycles. The van der Waals surface area contributed by atoms with Gasteiger partial charge in [0.15, 0.2) is 0 Å². The van der Waals surface area contributed by atoms with Gasteiger partial charge < -0.3 is 10.2 Å². The Bertz CT molecular complexity index is 549. The fourth-order valence-corrected chi connectivity index (χ4v) is 2.64. The topological polar surface area (TPSA) is 41.1 Å². The molecule has 20 heavy (non-hydrogen) atoms. The lowest BCUT2D eigenvalue weighted by atomic mass is 10.2. The van der Waals surface area contributed by atoms with Crippen molar-refractivity contribution in [3.63, 3.8) is 0 Å². The Kier molecular flexibility index (Phi) is 3.81. The van der Waals surface area contributed by atoms with E-state index in [4.69, 9.17) is 0 Å². The first kappa shape index (κ1) is 12.9. The van der Waals surface area contributed by atoms with Crippen molar-refractivity contribution in [3.05, 3.63) is 42.6 Å². The van der Waals surface area contributed by atoms with E-state index in [1.54, 1.807) is 0 Å². The molecule has 1 heterocycles. The minimum Gasteiger partial charge on any atom is -0.351 e. The third kappa shape index (κ3) is 2.90. The van der Waals surface area contributed by atoms with Crippen molar-refractivity contribution >= 4 is 17.5 Å². The lowest BCUT2D eigenvalue weighted by Crippen LogP contribution is -2.18. The summed E-state index contributed by atoms with van der Waals surface area (Å²) in [7, 11) is 2.02. The van der Waals surface area contributed by atoms with Gasteiger partial charge in [0.05, 0.1) is 0 Å². The third-order valence-electron chi connectivity index (χ3n) is 3.82. The maximum absolute atomic E-state index is 4.62. The van der Waals surface area contributed by atoms with Gasteiger partial charge in [-0.25, -0.2) is 4.98 Å². The summed E-state index contributed by atoms with van der Waals surface area (Å²) in [5.41, 5.74) is 1.12. The molecule has 0 amide bonds. The minimum atomic E-state index is 0.535. The Morgan fingerprint density at radius 2 is 1.85 bits per heavy atom. The quantitative estimate of drug-likeness (QED) is 0.920. The number of aromatic nitrogens is 2. The van der Waals surface area contributed by atoms with Crippen LogP contribution in [-0.4, -0.2) is 23.1 Å². The summed E-state index contributed by atoms with van der Waals surface area (Å²) in [6, 6.07) is 12.7. The fraction of sp³-hybridized carbons (Fsp3) is 0.375. The zero-order valence-corrected chi connectivity index (χ0v) is 11.8. The van der Waals surface area contributed by atoms with Gasteiger partial charge in [-0.15, -0.1) is 0 Å². The van der Waals surface area contributed by atoms with Crippen LogP contribution in [0.4, 0.5) is 17.5 Å². The highest BCUT2D eigenvalue weighted by atomic mass is 15.2. The summed E-state index contributed by atoms with van der Waals surface area (Å²) in [4.78, 5) is 11.0. The molecular formula is C16H20N4. The van der Waals surface area contributed by atoms with Crippen LogP contribution in [0.25, 0.3) is 0 Å². The van der Waals surface area contributed by atoms with Gasteiger partial charge in [-0.05, 0) is 31.0 Å². The van der Waals surface area contributed by atoms with E-state index in [0.717, 1.165) is 17.5 Å². The maximum atomic E-state index is 4.62. The lowest BCUT2D eigenvalue weighted by molar-refractivity contribution is 0.744. The SMILES string of the molecule is CN(c1ccccc1)c1ccnc(NC2CCCC2)n1. The molecule has 0 atom stereocenters. The molecule has 0 spiro atoms. The molecule has 1 N–H and O–H groups in total. The number of nitrogens with one attached hydrogen (secondary N) is 1. The van der Waals surface area contributed by atoms with Crippen molar-refractivity contribution in [3.8, 4) is 0 Å². The van der Waals surface area contributed by atoms with Crippen molar-refractivity contribution in [2.75, 3.05) is 17.3 Å². The lowest BCUT2D eigenvalue weighted by Gasteiger charge is -2.19. The Labute approximate surface area is 119 Å². The van der Waals surface area contributed by atoms with Crippen molar-refractivity contribution in [1.82, 2.24) is 9.97 Å². The fourth-order valence-electron chi connectivity index (χ4n) is 2.64. The van der Waals surface area contributed by atoms with Crippen LogP contribution in [-0.2, 0) is 0 Å². The highest BCUT2D eigenvalue weighted by Crippen LogP contribution is 2.24. The van der Waals surface area contributed by atoms with Crippen LogP contribution in [0.15, 0.2) is 42.6 Å². The summed E-state index contributed by atoms with van der Waals surface area (Å²) in [5, 5.41) is 3.44. The van der Waals surface area contributed by atoms with Crippen molar-refractivity contribution in [2.24, 2.45) is 0 Å². The summed E-state index contributed by atoms with van der Waals surface area (Å²) < 4.78 is 0. The zero-order chi connectivity index (χ0) is 13.8. The molecule has 3 rings (SSSR count). The molecular weight excluding hydrogens is 248 g/mol. The molecule has 4 heteroatoms. The van der Waals surface area contributed by atoms with Gasteiger partial charge in [-0.1, -0.05) is 31.0 Å². The van der Waals surface area contributed by atoms with Gasteiger partial charge in [-0.3, -0.25) is 0 Å². The van der Waals surface area contributed by atoms with E-state index in [0.29, 0.717) is 6.04 Å². The van der Waals surface area contributed by atoms with Crippen LogP contribution in [0.2, 0.25) is 0 Å². The second kappa shape index (κ2) is 5.90. The van der Waals surface area contributed by atoms with Gasteiger partial charge in [0.1, 0.15) is 5.82 Å². The smallest absolute Gasteiger partial charge is 0.224 e. The van der Waals surface area contributed by atoms with Crippen LogP contribution >= 0.6 is 0 Å². The zero-order valence-electron chi connectivity index (χ0n) is 11.8. The Morgan fingerprint density at radius 1 is 1.10 bits per heavy atom. The number of hydrogen-bond donors (Lipinski definition) is 1. The van der Waals surface area contributed by atoms with Crippen LogP contribution in [0.1, 0.15) is 25.7 Å². The normalized spacial score (nSPS) is 15.2. The van der Waals surface area contributed by atoms with E-state index in [2.05, 4.69) is 32.3 Å². The molecule has 0 aliphatic heterocycles. The molecule has 104 valence electrons. The molecule has 0 saturated heterocycles. The predicted molar refractivity (Wildman–Crippen MR) is 82.4 cm³/mol. The summed E-state index contributed by atoms with van der Waals surface area (Å²) in [6.07, 6.45) is 6.88. The minimum absolute atomic E-state index is 0.535. The Balaban J connectivity index is 1.76. The summed E-state index contributed by atoms with van der Waals surface area (Å²) >= 11 is 0. The number of rotatable bonds is 4. The van der Waals surface area contributed by atoms with Crippen molar-refractivity contribution < 1.29 is 0 Å². The highest BCUT2D eigenvalue weighted by molar-refractivity contribution is 5.59. The van der Waals surface area contributed by atoms with E-state index in [9.17, 15) is 0 Å². The standard InChI is InChI=1S/C16H20N4/c1-20(14-9-3-2-4-10-14)15-11-12-17-16(19-15)18-13-7-5-6-8-13/h2-4,9-13H,5-8H2,1H3,(H,17,18,19). The van der Waals surface area contributed by atoms with Crippen LogP contribution < -0.4 is 10.2 Å². The Hall–Kier alpha value is -2.10. The second-order valence-electron chi connectivity index (χ2n) is 5.26. The van der Waals surface area contributed by atoms with Crippen LogP contribution in [0, 0.1) is 0 Å². The molecule has 0 bridgehead atoms.